The summed E-state index contributed by atoms with van der Waals surface area (Å²) >= 11 is 5.86. The second-order valence-electron chi connectivity index (χ2n) is 2.90. The number of nitrogens with zero attached hydrogens (tertiary/aromatic N) is 3. The molecule has 0 aliphatic carbocycles. The molecule has 0 aliphatic heterocycles. The maximum atomic E-state index is 8.64. The van der Waals surface area contributed by atoms with Crippen LogP contribution in [0.5, 0.6) is 0 Å². The zero-order valence-corrected chi connectivity index (χ0v) is 9.28. The second kappa shape index (κ2) is 5.50. The SMILES string of the molecule is N#C/C(=N\Nc1ccc(C#N)cc1Cl)C(=N)N. The molecule has 6 nitrogen and oxygen atoms in total. The molecule has 0 amide bonds. The molecule has 0 heterocycles. The van der Waals surface area contributed by atoms with Gasteiger partial charge in [-0.2, -0.15) is 15.6 Å². The molecule has 0 radical (unpaired) electrons. The van der Waals surface area contributed by atoms with Crippen molar-refractivity contribution in [2.24, 2.45) is 10.8 Å². The fourth-order valence-electron chi connectivity index (χ4n) is 0.937. The first-order chi connectivity index (χ1) is 8.08. The second-order valence-corrected chi connectivity index (χ2v) is 3.31. The molecule has 0 fully saturated rings. The lowest BCUT2D eigenvalue weighted by molar-refractivity contribution is 1.33. The number of rotatable bonds is 3. The number of nitriles is 2. The summed E-state index contributed by atoms with van der Waals surface area (Å²) < 4.78 is 0. The minimum Gasteiger partial charge on any atom is -0.382 e. The third-order valence-corrected chi connectivity index (χ3v) is 2.06. The number of amidine groups is 1. The summed E-state index contributed by atoms with van der Waals surface area (Å²) in [7, 11) is 0. The van der Waals surface area contributed by atoms with Gasteiger partial charge in [0.1, 0.15) is 6.07 Å². The average molecular weight is 247 g/mol. The van der Waals surface area contributed by atoms with Gasteiger partial charge in [-0.15, -0.1) is 0 Å². The van der Waals surface area contributed by atoms with Crippen LogP contribution < -0.4 is 11.2 Å². The molecular formula is C10H7ClN6. The van der Waals surface area contributed by atoms with Crippen molar-refractivity contribution in [3.8, 4) is 12.1 Å². The van der Waals surface area contributed by atoms with Crippen LogP contribution in [0.1, 0.15) is 5.56 Å². The lowest BCUT2D eigenvalue weighted by Gasteiger charge is -2.03. The first kappa shape index (κ1) is 12.5. The van der Waals surface area contributed by atoms with Crippen molar-refractivity contribution in [3.63, 3.8) is 0 Å². The lowest BCUT2D eigenvalue weighted by atomic mass is 10.2. The van der Waals surface area contributed by atoms with Gasteiger partial charge in [-0.05, 0) is 18.2 Å². The molecule has 1 rings (SSSR count). The van der Waals surface area contributed by atoms with Crippen LogP contribution in [-0.4, -0.2) is 11.5 Å². The molecule has 0 bridgehead atoms. The Bertz CT molecular complexity index is 563. The Balaban J connectivity index is 2.95. The summed E-state index contributed by atoms with van der Waals surface area (Å²) in [5, 5.41) is 28.2. The fraction of sp³-hybridized carbons (Fsp3) is 0. The van der Waals surface area contributed by atoms with Crippen LogP contribution in [0.25, 0.3) is 0 Å². The van der Waals surface area contributed by atoms with Crippen LogP contribution in [0, 0.1) is 28.1 Å². The van der Waals surface area contributed by atoms with Gasteiger partial charge in [0.2, 0.25) is 5.71 Å². The van der Waals surface area contributed by atoms with Gasteiger partial charge in [0.05, 0.1) is 22.3 Å². The van der Waals surface area contributed by atoms with Crippen molar-refractivity contribution < 1.29 is 0 Å². The fourth-order valence-corrected chi connectivity index (χ4v) is 1.16. The summed E-state index contributed by atoms with van der Waals surface area (Å²) in [5.41, 5.74) is 8.19. The van der Waals surface area contributed by atoms with Crippen LogP contribution in [0.3, 0.4) is 0 Å². The molecule has 1 aromatic carbocycles. The van der Waals surface area contributed by atoms with Crippen LogP contribution in [0.15, 0.2) is 23.3 Å². The van der Waals surface area contributed by atoms with E-state index in [2.05, 4.69) is 10.5 Å². The largest absolute Gasteiger partial charge is 0.382 e. The van der Waals surface area contributed by atoms with Gasteiger partial charge in [0, 0.05) is 0 Å². The van der Waals surface area contributed by atoms with Gasteiger partial charge < -0.3 is 5.73 Å². The summed E-state index contributed by atoms with van der Waals surface area (Å²) in [6.45, 7) is 0. The van der Waals surface area contributed by atoms with Crippen LogP contribution >= 0.6 is 11.6 Å². The monoisotopic (exact) mass is 246 g/mol. The number of anilines is 1. The van der Waals surface area contributed by atoms with Gasteiger partial charge in [0.15, 0.2) is 5.84 Å². The highest BCUT2D eigenvalue weighted by Gasteiger charge is 2.03. The summed E-state index contributed by atoms with van der Waals surface area (Å²) in [6.07, 6.45) is 0. The lowest BCUT2D eigenvalue weighted by Crippen LogP contribution is -2.21. The maximum Gasteiger partial charge on any atom is 0.201 e. The van der Waals surface area contributed by atoms with E-state index < -0.39 is 5.84 Å². The average Bonchev–Trinajstić information content (AvgIpc) is 2.31. The van der Waals surface area contributed by atoms with Crippen molar-refractivity contribution >= 4 is 28.8 Å². The van der Waals surface area contributed by atoms with Gasteiger partial charge in [-0.25, -0.2) is 0 Å². The zero-order chi connectivity index (χ0) is 12.8. The summed E-state index contributed by atoms with van der Waals surface area (Å²) in [5.74, 6) is -0.440. The van der Waals surface area contributed by atoms with Crippen molar-refractivity contribution in [1.29, 1.82) is 15.9 Å². The first-order valence-electron chi connectivity index (χ1n) is 4.36. The third-order valence-electron chi connectivity index (χ3n) is 1.75. The van der Waals surface area contributed by atoms with Gasteiger partial charge in [-0.1, -0.05) is 11.6 Å². The molecule has 17 heavy (non-hydrogen) atoms. The molecule has 0 saturated heterocycles. The van der Waals surface area contributed by atoms with Crippen molar-refractivity contribution in [1.82, 2.24) is 0 Å². The number of nitrogens with two attached hydrogens (primary N) is 1. The molecule has 0 saturated carbocycles. The van der Waals surface area contributed by atoms with Crippen molar-refractivity contribution in [2.75, 3.05) is 5.43 Å². The molecule has 7 heteroatoms. The number of hydrazone groups is 1. The van der Waals surface area contributed by atoms with E-state index in [0.717, 1.165) is 0 Å². The van der Waals surface area contributed by atoms with Crippen molar-refractivity contribution in [3.05, 3.63) is 28.8 Å². The Hall–Kier alpha value is -2.57. The van der Waals surface area contributed by atoms with Gasteiger partial charge in [-0.3, -0.25) is 10.8 Å². The van der Waals surface area contributed by atoms with E-state index in [9.17, 15) is 0 Å². The molecule has 84 valence electrons. The Morgan fingerprint density at radius 2 is 2.18 bits per heavy atom. The third kappa shape index (κ3) is 3.20. The normalized spacial score (nSPS) is 10.2. The van der Waals surface area contributed by atoms with E-state index in [1.54, 1.807) is 18.2 Å². The van der Waals surface area contributed by atoms with Crippen LogP contribution in [0.4, 0.5) is 5.69 Å². The Labute approximate surface area is 102 Å². The number of hydrogen-bond acceptors (Lipinski definition) is 5. The van der Waals surface area contributed by atoms with E-state index in [-0.39, 0.29) is 10.7 Å². The summed E-state index contributed by atoms with van der Waals surface area (Å²) in [6, 6.07) is 8.13. The Kier molecular flexibility index (Phi) is 4.04. The zero-order valence-electron chi connectivity index (χ0n) is 8.53. The van der Waals surface area contributed by atoms with E-state index >= 15 is 0 Å². The van der Waals surface area contributed by atoms with Gasteiger partial charge >= 0.3 is 0 Å². The molecule has 0 aromatic heterocycles. The number of nitrogens with one attached hydrogen (secondary N) is 2. The van der Waals surface area contributed by atoms with Gasteiger partial charge in [0.25, 0.3) is 0 Å². The molecule has 0 atom stereocenters. The van der Waals surface area contributed by atoms with E-state index in [1.165, 1.54) is 6.07 Å². The van der Waals surface area contributed by atoms with E-state index in [1.807, 2.05) is 6.07 Å². The Morgan fingerprint density at radius 3 is 2.65 bits per heavy atom. The molecule has 1 aromatic rings. The highest BCUT2D eigenvalue weighted by molar-refractivity contribution is 6.45. The van der Waals surface area contributed by atoms with E-state index in [4.69, 9.17) is 33.3 Å². The molecule has 0 spiro atoms. The quantitative estimate of drug-likeness (QED) is 0.424. The predicted octanol–water partition coefficient (Wildman–Crippen LogP) is 1.44. The molecule has 0 aliphatic rings. The van der Waals surface area contributed by atoms with Crippen molar-refractivity contribution in [2.45, 2.75) is 0 Å². The predicted molar refractivity (Wildman–Crippen MR) is 64.8 cm³/mol. The minimum absolute atomic E-state index is 0.245. The first-order valence-corrected chi connectivity index (χ1v) is 4.74. The summed E-state index contributed by atoms with van der Waals surface area (Å²) in [4.78, 5) is 0. The topological polar surface area (TPSA) is 122 Å². The minimum atomic E-state index is -0.440. The van der Waals surface area contributed by atoms with Crippen LogP contribution in [0.2, 0.25) is 5.02 Å². The highest BCUT2D eigenvalue weighted by atomic mass is 35.5. The number of hydrogen-bond donors (Lipinski definition) is 3. The number of halogens is 1. The standard InChI is InChI=1S/C10H7ClN6/c11-7-3-6(4-12)1-2-8(7)16-17-9(5-13)10(14)15/h1-3,16H,(H3,14,15)/b17-9+. The smallest absolute Gasteiger partial charge is 0.201 e. The molecular weight excluding hydrogens is 240 g/mol. The highest BCUT2D eigenvalue weighted by Crippen LogP contribution is 2.22. The maximum absolute atomic E-state index is 8.64. The molecule has 4 N–H and O–H groups in total. The number of benzene rings is 1. The van der Waals surface area contributed by atoms with Crippen LogP contribution in [-0.2, 0) is 0 Å². The van der Waals surface area contributed by atoms with E-state index in [0.29, 0.717) is 11.3 Å². The Morgan fingerprint density at radius 1 is 1.47 bits per heavy atom. The molecule has 0 unspecified atom stereocenters.